The van der Waals surface area contributed by atoms with Crippen molar-refractivity contribution in [2.45, 2.75) is 19.6 Å². The van der Waals surface area contributed by atoms with Gasteiger partial charge in [-0.05, 0) is 17.7 Å². The fourth-order valence-corrected chi connectivity index (χ4v) is 1.22. The average Bonchev–Trinajstić information content (AvgIpc) is 2.43. The lowest BCUT2D eigenvalue weighted by Crippen LogP contribution is -2.18. The van der Waals surface area contributed by atoms with Crippen LogP contribution >= 0.6 is 0 Å². The second kappa shape index (κ2) is 6.40. The van der Waals surface area contributed by atoms with Crippen LogP contribution in [-0.2, 0) is 16.1 Å². The van der Waals surface area contributed by atoms with Crippen LogP contribution in [0, 0.1) is 6.57 Å². The second-order valence-corrected chi connectivity index (χ2v) is 3.69. The summed E-state index contributed by atoms with van der Waals surface area (Å²) in [5.74, 6) is -0.708. The van der Waals surface area contributed by atoms with Gasteiger partial charge in [-0.15, -0.1) is 0 Å². The van der Waals surface area contributed by atoms with E-state index in [0.717, 1.165) is 5.56 Å². The van der Waals surface area contributed by atoms with Crippen molar-refractivity contribution >= 4 is 11.9 Å². The van der Waals surface area contributed by atoms with Crippen LogP contribution in [0.2, 0.25) is 0 Å². The van der Waals surface area contributed by atoms with Crippen molar-refractivity contribution in [2.75, 3.05) is 7.05 Å². The highest BCUT2D eigenvalue weighted by Gasteiger charge is 2.18. The first-order valence-electron chi connectivity index (χ1n) is 5.42. The van der Waals surface area contributed by atoms with E-state index in [1.165, 1.54) is 6.92 Å². The molecule has 0 aromatic heterocycles. The van der Waals surface area contributed by atoms with E-state index in [2.05, 4.69) is 10.2 Å². The first-order valence-corrected chi connectivity index (χ1v) is 5.42. The maximum absolute atomic E-state index is 11.3. The third kappa shape index (κ3) is 3.59. The van der Waals surface area contributed by atoms with Gasteiger partial charge in [-0.3, -0.25) is 4.79 Å². The summed E-state index contributed by atoms with van der Waals surface area (Å²) in [5, 5.41) is 2.52. The lowest BCUT2D eigenvalue weighted by molar-refractivity contribution is -0.145. The Hall–Kier alpha value is -2.35. The van der Waals surface area contributed by atoms with Crippen molar-refractivity contribution in [3.8, 4) is 0 Å². The van der Waals surface area contributed by atoms with Crippen molar-refractivity contribution in [3.05, 3.63) is 46.8 Å². The van der Waals surface area contributed by atoms with Gasteiger partial charge in [0.1, 0.15) is 6.61 Å². The topological polar surface area (TPSA) is 59.8 Å². The summed E-state index contributed by atoms with van der Waals surface area (Å²) in [6, 6.07) is 5.94. The standard InChI is InChI=1S/C13H14N2O3/c1-9(14-2)13(17)18-8-10-4-6-11(7-5-10)12(16)15-3/h4-7,9H,8H2,1,3H3,(H,15,16). The minimum Gasteiger partial charge on any atom is -0.455 e. The Morgan fingerprint density at radius 2 is 2.00 bits per heavy atom. The Bertz CT molecular complexity index is 474. The smallest absolute Gasteiger partial charge is 0.390 e. The fraction of sp³-hybridized carbons (Fsp3) is 0.308. The van der Waals surface area contributed by atoms with Gasteiger partial charge in [0.15, 0.2) is 0 Å². The zero-order chi connectivity index (χ0) is 13.5. The first kappa shape index (κ1) is 13.7. The van der Waals surface area contributed by atoms with Gasteiger partial charge in [0.05, 0.1) is 0 Å². The molecule has 0 heterocycles. The molecule has 0 bridgehead atoms. The van der Waals surface area contributed by atoms with Crippen molar-refractivity contribution in [3.63, 3.8) is 0 Å². The lowest BCUT2D eigenvalue weighted by Gasteiger charge is -2.05. The quantitative estimate of drug-likeness (QED) is 0.645. The second-order valence-electron chi connectivity index (χ2n) is 3.69. The van der Waals surface area contributed by atoms with E-state index >= 15 is 0 Å². The third-order valence-corrected chi connectivity index (χ3v) is 2.36. The van der Waals surface area contributed by atoms with Gasteiger partial charge < -0.3 is 14.9 Å². The highest BCUT2D eigenvalue weighted by Crippen LogP contribution is 2.07. The van der Waals surface area contributed by atoms with Gasteiger partial charge in [0.25, 0.3) is 5.91 Å². The van der Waals surface area contributed by atoms with Gasteiger partial charge in [0.2, 0.25) is 0 Å². The molecular formula is C13H14N2O3. The number of amides is 1. The van der Waals surface area contributed by atoms with Crippen LogP contribution in [0.15, 0.2) is 24.3 Å². The number of nitrogens with one attached hydrogen (secondary N) is 1. The fourth-order valence-electron chi connectivity index (χ4n) is 1.22. The summed E-state index contributed by atoms with van der Waals surface area (Å²) in [6.07, 6.45) is 0. The highest BCUT2D eigenvalue weighted by molar-refractivity contribution is 5.93. The SMILES string of the molecule is [C-]#[N+]C(C)C(=O)OCc1ccc(C(=O)NC)cc1. The summed E-state index contributed by atoms with van der Waals surface area (Å²) < 4.78 is 4.95. The molecular weight excluding hydrogens is 232 g/mol. The molecule has 18 heavy (non-hydrogen) atoms. The maximum atomic E-state index is 11.3. The molecule has 94 valence electrons. The molecule has 1 N–H and O–H groups in total. The van der Waals surface area contributed by atoms with Crippen LogP contribution in [0.25, 0.3) is 4.85 Å². The van der Waals surface area contributed by atoms with Crippen molar-refractivity contribution in [2.24, 2.45) is 0 Å². The molecule has 0 saturated carbocycles. The molecule has 0 fully saturated rings. The molecule has 0 saturated heterocycles. The van der Waals surface area contributed by atoms with E-state index in [0.29, 0.717) is 5.56 Å². The number of carbonyl (C=O) groups excluding carboxylic acids is 2. The Kier molecular flexibility index (Phi) is 4.88. The Labute approximate surface area is 106 Å². The van der Waals surface area contributed by atoms with E-state index in [4.69, 9.17) is 11.3 Å². The molecule has 1 rings (SSSR count). The molecule has 5 heteroatoms. The number of ether oxygens (including phenoxy) is 1. The van der Waals surface area contributed by atoms with Gasteiger partial charge in [0, 0.05) is 19.5 Å². The molecule has 5 nitrogen and oxygen atoms in total. The lowest BCUT2D eigenvalue weighted by atomic mass is 10.1. The monoisotopic (exact) mass is 246 g/mol. The Morgan fingerprint density at radius 1 is 1.39 bits per heavy atom. The molecule has 0 aliphatic heterocycles. The molecule has 0 aliphatic rings. The minimum atomic E-state index is -0.782. The molecule has 0 aliphatic carbocycles. The minimum absolute atomic E-state index is 0.104. The molecule has 1 atom stereocenters. The van der Waals surface area contributed by atoms with E-state index in [1.807, 2.05) is 0 Å². The van der Waals surface area contributed by atoms with Gasteiger partial charge >= 0.3 is 12.0 Å². The van der Waals surface area contributed by atoms with Crippen molar-refractivity contribution < 1.29 is 14.3 Å². The van der Waals surface area contributed by atoms with Gasteiger partial charge in [-0.2, -0.15) is 0 Å². The summed E-state index contributed by atoms with van der Waals surface area (Å²) in [6.45, 7) is 8.29. The summed E-state index contributed by atoms with van der Waals surface area (Å²) in [7, 11) is 1.56. The Morgan fingerprint density at radius 3 is 2.50 bits per heavy atom. The van der Waals surface area contributed by atoms with E-state index in [1.54, 1.807) is 31.3 Å². The maximum Gasteiger partial charge on any atom is 0.390 e. The Balaban J connectivity index is 2.57. The van der Waals surface area contributed by atoms with Crippen molar-refractivity contribution in [1.82, 2.24) is 5.32 Å². The van der Waals surface area contributed by atoms with E-state index in [9.17, 15) is 9.59 Å². The predicted octanol–water partition coefficient (Wildman–Crippen LogP) is 1.40. The summed E-state index contributed by atoms with van der Waals surface area (Å²) in [5.41, 5.74) is 1.32. The van der Waals surface area contributed by atoms with Crippen LogP contribution in [-0.4, -0.2) is 25.0 Å². The normalized spacial score (nSPS) is 11.2. The number of benzene rings is 1. The van der Waals surface area contributed by atoms with E-state index in [-0.39, 0.29) is 12.5 Å². The number of nitrogens with zero attached hydrogens (tertiary/aromatic N) is 1. The molecule has 1 unspecified atom stereocenters. The molecule has 1 aromatic carbocycles. The number of carbonyl (C=O) groups is 2. The zero-order valence-corrected chi connectivity index (χ0v) is 10.3. The number of hydrogen-bond acceptors (Lipinski definition) is 3. The predicted molar refractivity (Wildman–Crippen MR) is 65.7 cm³/mol. The third-order valence-electron chi connectivity index (χ3n) is 2.36. The highest BCUT2D eigenvalue weighted by atomic mass is 16.5. The first-order chi connectivity index (χ1) is 8.58. The summed E-state index contributed by atoms with van der Waals surface area (Å²) in [4.78, 5) is 25.6. The van der Waals surface area contributed by atoms with Crippen LogP contribution in [0.1, 0.15) is 22.8 Å². The van der Waals surface area contributed by atoms with Gasteiger partial charge in [-0.25, -0.2) is 11.4 Å². The number of esters is 1. The number of rotatable bonds is 4. The number of hydrogen-bond donors (Lipinski definition) is 1. The largest absolute Gasteiger partial charge is 0.455 e. The van der Waals surface area contributed by atoms with Crippen LogP contribution < -0.4 is 5.32 Å². The molecule has 1 amide bonds. The van der Waals surface area contributed by atoms with Crippen LogP contribution in [0.5, 0.6) is 0 Å². The van der Waals surface area contributed by atoms with E-state index < -0.39 is 12.0 Å². The molecule has 1 aromatic rings. The van der Waals surface area contributed by atoms with Gasteiger partial charge in [-0.1, -0.05) is 12.1 Å². The van der Waals surface area contributed by atoms with Crippen molar-refractivity contribution in [1.29, 1.82) is 0 Å². The summed E-state index contributed by atoms with van der Waals surface area (Å²) >= 11 is 0. The van der Waals surface area contributed by atoms with Crippen LogP contribution in [0.3, 0.4) is 0 Å². The average molecular weight is 246 g/mol. The zero-order valence-electron chi connectivity index (χ0n) is 10.3. The molecule has 0 spiro atoms. The molecule has 0 radical (unpaired) electrons. The van der Waals surface area contributed by atoms with Crippen LogP contribution in [0.4, 0.5) is 0 Å².